The van der Waals surface area contributed by atoms with Crippen LogP contribution in [-0.2, 0) is 0 Å². The molecule has 0 saturated carbocycles. The Morgan fingerprint density at radius 1 is 1.19 bits per heavy atom. The van der Waals surface area contributed by atoms with Gasteiger partial charge in [0.05, 0.1) is 12.0 Å². The molecule has 1 amide bonds. The summed E-state index contributed by atoms with van der Waals surface area (Å²) in [5.41, 5.74) is 3.54. The molecule has 0 aliphatic rings. The minimum Gasteiger partial charge on any atom is -0.497 e. The fourth-order valence-corrected chi connectivity index (χ4v) is 3.41. The molecule has 0 saturated heterocycles. The summed E-state index contributed by atoms with van der Waals surface area (Å²) in [4.78, 5) is 18.0. The number of methoxy groups -OCH3 is 1. The summed E-state index contributed by atoms with van der Waals surface area (Å²) in [5.74, 6) is 1.29. The molecule has 0 spiro atoms. The summed E-state index contributed by atoms with van der Waals surface area (Å²) in [6.45, 7) is 2.02. The van der Waals surface area contributed by atoms with Crippen LogP contribution in [0.3, 0.4) is 0 Å². The maximum atomic E-state index is 12.6. The lowest BCUT2D eigenvalue weighted by Gasteiger charge is -2.07. The Bertz CT molecular complexity index is 1070. The average molecular weight is 363 g/mol. The first-order valence-corrected chi connectivity index (χ1v) is 9.01. The van der Waals surface area contributed by atoms with Crippen LogP contribution in [0.5, 0.6) is 5.75 Å². The maximum absolute atomic E-state index is 12.6. The first-order valence-electron chi connectivity index (χ1n) is 8.14. The van der Waals surface area contributed by atoms with E-state index >= 15 is 0 Å². The Balaban J connectivity index is 1.83. The maximum Gasteiger partial charge on any atom is 0.266 e. The molecule has 0 aliphatic heterocycles. The standard InChI is InChI=1S/C20H17N3O2S/c1-13-9-10-23-17(12-13)21-18(14-5-7-15(25-2)8-6-14)19(23)22-20(24)16-4-3-11-26-16/h3-12H,1-2H3,(H,22,24). The van der Waals surface area contributed by atoms with Gasteiger partial charge in [-0.25, -0.2) is 4.98 Å². The Kier molecular flexibility index (Phi) is 4.18. The zero-order chi connectivity index (χ0) is 18.1. The number of carbonyl (C=O) groups excluding carboxylic acids is 1. The van der Waals surface area contributed by atoms with Crippen LogP contribution >= 0.6 is 11.3 Å². The third-order valence-corrected chi connectivity index (χ3v) is 4.99. The third kappa shape index (κ3) is 2.95. The summed E-state index contributed by atoms with van der Waals surface area (Å²) in [6.07, 6.45) is 1.93. The van der Waals surface area contributed by atoms with Crippen molar-refractivity contribution in [2.75, 3.05) is 12.4 Å². The number of fused-ring (bicyclic) bond motifs is 1. The highest BCUT2D eigenvalue weighted by molar-refractivity contribution is 7.12. The number of pyridine rings is 1. The fourth-order valence-electron chi connectivity index (χ4n) is 2.79. The van der Waals surface area contributed by atoms with Crippen molar-refractivity contribution in [2.24, 2.45) is 0 Å². The molecule has 6 heteroatoms. The number of thiophene rings is 1. The minimum atomic E-state index is -0.142. The summed E-state index contributed by atoms with van der Waals surface area (Å²) in [5, 5.41) is 4.91. The molecule has 4 rings (SSSR count). The van der Waals surface area contributed by atoms with Crippen molar-refractivity contribution in [1.29, 1.82) is 0 Å². The quantitative estimate of drug-likeness (QED) is 0.575. The number of aromatic nitrogens is 2. The molecule has 130 valence electrons. The Morgan fingerprint density at radius 3 is 2.69 bits per heavy atom. The number of amides is 1. The normalized spacial score (nSPS) is 10.8. The van der Waals surface area contributed by atoms with E-state index in [2.05, 4.69) is 5.32 Å². The second-order valence-electron chi connectivity index (χ2n) is 5.90. The third-order valence-electron chi connectivity index (χ3n) is 4.12. The number of imidazole rings is 1. The Labute approximate surface area is 154 Å². The van der Waals surface area contributed by atoms with Crippen LogP contribution in [-0.4, -0.2) is 22.4 Å². The van der Waals surface area contributed by atoms with Crippen molar-refractivity contribution in [2.45, 2.75) is 6.92 Å². The zero-order valence-electron chi connectivity index (χ0n) is 14.4. The summed E-state index contributed by atoms with van der Waals surface area (Å²) < 4.78 is 7.13. The van der Waals surface area contributed by atoms with E-state index in [0.717, 1.165) is 28.2 Å². The molecule has 26 heavy (non-hydrogen) atoms. The van der Waals surface area contributed by atoms with E-state index in [9.17, 15) is 4.79 Å². The van der Waals surface area contributed by atoms with E-state index in [-0.39, 0.29) is 5.91 Å². The summed E-state index contributed by atoms with van der Waals surface area (Å²) in [7, 11) is 1.63. The molecule has 5 nitrogen and oxygen atoms in total. The monoisotopic (exact) mass is 363 g/mol. The SMILES string of the molecule is COc1ccc(-c2nc3cc(C)ccn3c2NC(=O)c2cccs2)cc1. The number of ether oxygens (including phenoxy) is 1. The lowest BCUT2D eigenvalue weighted by molar-refractivity contribution is 0.103. The Hall–Kier alpha value is -3.12. The van der Waals surface area contributed by atoms with Crippen molar-refractivity contribution in [3.8, 4) is 17.0 Å². The number of nitrogens with zero attached hydrogens (tertiary/aromatic N) is 2. The van der Waals surface area contributed by atoms with Gasteiger partial charge < -0.3 is 10.1 Å². The molecule has 0 atom stereocenters. The average Bonchev–Trinajstić information content (AvgIpc) is 3.30. The first kappa shape index (κ1) is 16.4. The van der Waals surface area contributed by atoms with Gasteiger partial charge in [0.1, 0.15) is 22.9 Å². The number of aryl methyl sites for hydroxylation is 1. The van der Waals surface area contributed by atoms with Crippen LogP contribution in [0, 0.1) is 6.92 Å². The van der Waals surface area contributed by atoms with Gasteiger partial charge in [0, 0.05) is 11.8 Å². The van der Waals surface area contributed by atoms with Gasteiger partial charge in [-0.2, -0.15) is 0 Å². The van der Waals surface area contributed by atoms with Crippen LogP contribution in [0.15, 0.2) is 60.1 Å². The van der Waals surface area contributed by atoms with Gasteiger partial charge in [-0.1, -0.05) is 6.07 Å². The largest absolute Gasteiger partial charge is 0.497 e. The molecule has 0 fully saturated rings. The zero-order valence-corrected chi connectivity index (χ0v) is 15.2. The number of hydrogen-bond acceptors (Lipinski definition) is 4. The second kappa shape index (κ2) is 6.65. The van der Waals surface area contributed by atoms with E-state index < -0.39 is 0 Å². The van der Waals surface area contributed by atoms with E-state index in [4.69, 9.17) is 9.72 Å². The highest BCUT2D eigenvalue weighted by Gasteiger charge is 2.18. The second-order valence-corrected chi connectivity index (χ2v) is 6.85. The van der Waals surface area contributed by atoms with Gasteiger partial charge in [-0.05, 0) is 60.3 Å². The van der Waals surface area contributed by atoms with Crippen molar-refractivity contribution >= 4 is 28.7 Å². The number of nitrogens with one attached hydrogen (secondary N) is 1. The van der Waals surface area contributed by atoms with Gasteiger partial charge >= 0.3 is 0 Å². The molecule has 0 aliphatic carbocycles. The van der Waals surface area contributed by atoms with Gasteiger partial charge in [0.15, 0.2) is 0 Å². The Morgan fingerprint density at radius 2 is 2.00 bits per heavy atom. The topological polar surface area (TPSA) is 55.6 Å². The first-order chi connectivity index (χ1) is 12.7. The fraction of sp³-hybridized carbons (Fsp3) is 0.100. The molecule has 0 radical (unpaired) electrons. The lowest BCUT2D eigenvalue weighted by Crippen LogP contribution is -2.12. The van der Waals surface area contributed by atoms with Crippen LogP contribution in [0.4, 0.5) is 5.82 Å². The molecular weight excluding hydrogens is 346 g/mol. The molecule has 0 unspecified atom stereocenters. The predicted octanol–water partition coefficient (Wildman–Crippen LogP) is 4.63. The summed E-state index contributed by atoms with van der Waals surface area (Å²) in [6, 6.07) is 15.3. The van der Waals surface area contributed by atoms with Crippen molar-refractivity contribution in [1.82, 2.24) is 9.38 Å². The van der Waals surface area contributed by atoms with Crippen LogP contribution in [0.2, 0.25) is 0 Å². The highest BCUT2D eigenvalue weighted by Crippen LogP contribution is 2.31. The molecule has 1 N–H and O–H groups in total. The number of hydrogen-bond donors (Lipinski definition) is 1. The van der Waals surface area contributed by atoms with E-state index in [1.807, 2.05) is 65.4 Å². The minimum absolute atomic E-state index is 0.142. The van der Waals surface area contributed by atoms with Crippen molar-refractivity contribution in [3.05, 3.63) is 70.5 Å². The number of anilines is 1. The molecular formula is C20H17N3O2S. The van der Waals surface area contributed by atoms with Gasteiger partial charge in [0.25, 0.3) is 5.91 Å². The van der Waals surface area contributed by atoms with E-state index in [1.165, 1.54) is 11.3 Å². The molecule has 1 aromatic carbocycles. The van der Waals surface area contributed by atoms with Crippen LogP contribution < -0.4 is 10.1 Å². The predicted molar refractivity (Wildman–Crippen MR) is 104 cm³/mol. The van der Waals surface area contributed by atoms with Gasteiger partial charge in [-0.15, -0.1) is 11.3 Å². The molecule has 3 aromatic heterocycles. The number of rotatable bonds is 4. The van der Waals surface area contributed by atoms with Crippen molar-refractivity contribution in [3.63, 3.8) is 0 Å². The molecule has 0 bridgehead atoms. The lowest BCUT2D eigenvalue weighted by atomic mass is 10.1. The van der Waals surface area contributed by atoms with Crippen LogP contribution in [0.25, 0.3) is 16.9 Å². The summed E-state index contributed by atoms with van der Waals surface area (Å²) >= 11 is 1.41. The molecule has 3 heterocycles. The number of carbonyl (C=O) groups is 1. The van der Waals surface area contributed by atoms with Crippen LogP contribution in [0.1, 0.15) is 15.2 Å². The highest BCUT2D eigenvalue weighted by atomic mass is 32.1. The van der Waals surface area contributed by atoms with Crippen molar-refractivity contribution < 1.29 is 9.53 Å². The van der Waals surface area contributed by atoms with E-state index in [0.29, 0.717) is 10.7 Å². The molecule has 4 aromatic rings. The smallest absolute Gasteiger partial charge is 0.266 e. The van der Waals surface area contributed by atoms with Gasteiger partial charge in [-0.3, -0.25) is 9.20 Å². The number of benzene rings is 1. The van der Waals surface area contributed by atoms with Gasteiger partial charge in [0.2, 0.25) is 0 Å². The van der Waals surface area contributed by atoms with E-state index in [1.54, 1.807) is 13.2 Å².